The highest BCUT2D eigenvalue weighted by atomic mass is 16.5. The smallest absolute Gasteiger partial charge is 0.225 e. The van der Waals surface area contributed by atoms with Crippen molar-refractivity contribution in [1.82, 2.24) is 10.2 Å². The number of ether oxygens (including phenoxy) is 1. The lowest BCUT2D eigenvalue weighted by molar-refractivity contribution is -0.136. The maximum Gasteiger partial charge on any atom is 0.225 e. The summed E-state index contributed by atoms with van der Waals surface area (Å²) in [5, 5.41) is 3.47. The Morgan fingerprint density at radius 3 is 2.78 bits per heavy atom. The first kappa shape index (κ1) is 13.8. The summed E-state index contributed by atoms with van der Waals surface area (Å²) in [6, 6.07) is 0.484. The van der Waals surface area contributed by atoms with Crippen molar-refractivity contribution < 1.29 is 9.53 Å². The Labute approximate surface area is 110 Å². The molecule has 0 aromatic heterocycles. The Balaban J connectivity index is 1.87. The predicted octanol–water partition coefficient (Wildman–Crippen LogP) is 1.26. The molecule has 2 rings (SSSR count). The summed E-state index contributed by atoms with van der Waals surface area (Å²) in [5.74, 6) is 1.16. The maximum absolute atomic E-state index is 12.5. The summed E-state index contributed by atoms with van der Waals surface area (Å²) in [5.41, 5.74) is 0. The minimum absolute atomic E-state index is 0.197. The fourth-order valence-electron chi connectivity index (χ4n) is 2.76. The van der Waals surface area contributed by atoms with Gasteiger partial charge in [0.25, 0.3) is 0 Å². The van der Waals surface area contributed by atoms with E-state index in [0.717, 1.165) is 19.6 Å². The van der Waals surface area contributed by atoms with Gasteiger partial charge in [0.1, 0.15) is 0 Å². The van der Waals surface area contributed by atoms with Crippen molar-refractivity contribution >= 4 is 5.91 Å². The van der Waals surface area contributed by atoms with Crippen molar-refractivity contribution in [2.24, 2.45) is 11.8 Å². The molecule has 1 aliphatic heterocycles. The number of amides is 1. The molecule has 0 radical (unpaired) electrons. The van der Waals surface area contributed by atoms with Gasteiger partial charge in [0.15, 0.2) is 0 Å². The molecule has 1 heterocycles. The third-order valence-electron chi connectivity index (χ3n) is 4.20. The molecular weight excluding hydrogens is 228 g/mol. The summed E-state index contributed by atoms with van der Waals surface area (Å²) < 4.78 is 5.13. The monoisotopic (exact) mass is 254 g/mol. The van der Waals surface area contributed by atoms with Crippen LogP contribution in [0.5, 0.6) is 0 Å². The molecule has 1 aliphatic carbocycles. The summed E-state index contributed by atoms with van der Waals surface area (Å²) in [7, 11) is 1.70. The van der Waals surface area contributed by atoms with Crippen molar-refractivity contribution in [2.75, 3.05) is 33.4 Å². The second-order valence-electron chi connectivity index (χ2n) is 5.70. The number of carbonyl (C=O) groups excluding carboxylic acids is 1. The highest BCUT2D eigenvalue weighted by Crippen LogP contribution is 2.37. The fraction of sp³-hybridized carbons (Fsp3) is 0.929. The van der Waals surface area contributed by atoms with Crippen LogP contribution in [0.3, 0.4) is 0 Å². The molecule has 2 unspecified atom stereocenters. The van der Waals surface area contributed by atoms with E-state index in [0.29, 0.717) is 24.5 Å². The fourth-order valence-corrected chi connectivity index (χ4v) is 2.76. The minimum Gasteiger partial charge on any atom is -0.383 e. The molecule has 104 valence electrons. The van der Waals surface area contributed by atoms with Gasteiger partial charge < -0.3 is 15.0 Å². The van der Waals surface area contributed by atoms with Gasteiger partial charge in [-0.2, -0.15) is 0 Å². The molecule has 0 aromatic carbocycles. The number of rotatable bonds is 7. The van der Waals surface area contributed by atoms with Gasteiger partial charge in [-0.15, -0.1) is 0 Å². The Bertz CT molecular complexity index is 273. The van der Waals surface area contributed by atoms with Gasteiger partial charge in [0, 0.05) is 32.2 Å². The van der Waals surface area contributed by atoms with Crippen LogP contribution in [0.15, 0.2) is 0 Å². The minimum atomic E-state index is 0.197. The predicted molar refractivity (Wildman–Crippen MR) is 71.4 cm³/mol. The van der Waals surface area contributed by atoms with Gasteiger partial charge >= 0.3 is 0 Å². The van der Waals surface area contributed by atoms with Crippen LogP contribution < -0.4 is 5.32 Å². The van der Waals surface area contributed by atoms with Crippen LogP contribution >= 0.6 is 0 Å². The summed E-state index contributed by atoms with van der Waals surface area (Å²) >= 11 is 0. The second-order valence-corrected chi connectivity index (χ2v) is 5.70. The Morgan fingerprint density at radius 1 is 1.44 bits per heavy atom. The standard InChI is InChI=1S/C14H26N2O2/c1-11(12-5-6-12)14(17)16(8-9-18-2)10-13-4-3-7-15-13/h11-13,15H,3-10H2,1-2H3. The van der Waals surface area contributed by atoms with Crippen LogP contribution in [0.2, 0.25) is 0 Å². The van der Waals surface area contributed by atoms with E-state index >= 15 is 0 Å². The summed E-state index contributed by atoms with van der Waals surface area (Å²) in [4.78, 5) is 14.5. The lowest BCUT2D eigenvalue weighted by atomic mass is 10.0. The van der Waals surface area contributed by atoms with Gasteiger partial charge in [-0.25, -0.2) is 0 Å². The number of nitrogens with zero attached hydrogens (tertiary/aromatic N) is 1. The van der Waals surface area contributed by atoms with E-state index in [9.17, 15) is 4.79 Å². The van der Waals surface area contributed by atoms with E-state index in [1.54, 1.807) is 7.11 Å². The number of hydrogen-bond acceptors (Lipinski definition) is 3. The van der Waals surface area contributed by atoms with Crippen molar-refractivity contribution in [2.45, 2.75) is 38.6 Å². The Morgan fingerprint density at radius 2 is 2.22 bits per heavy atom. The number of nitrogens with one attached hydrogen (secondary N) is 1. The average molecular weight is 254 g/mol. The molecule has 1 saturated carbocycles. The summed E-state index contributed by atoms with van der Waals surface area (Å²) in [6.07, 6.45) is 4.88. The molecule has 1 saturated heterocycles. The zero-order valence-electron chi connectivity index (χ0n) is 11.7. The van der Waals surface area contributed by atoms with E-state index in [1.165, 1.54) is 25.7 Å². The highest BCUT2D eigenvalue weighted by Gasteiger charge is 2.35. The number of methoxy groups -OCH3 is 1. The zero-order chi connectivity index (χ0) is 13.0. The SMILES string of the molecule is COCCN(CC1CCCN1)C(=O)C(C)C1CC1. The lowest BCUT2D eigenvalue weighted by Gasteiger charge is -2.28. The molecule has 2 atom stereocenters. The molecule has 2 fully saturated rings. The lowest BCUT2D eigenvalue weighted by Crippen LogP contribution is -2.45. The Kier molecular flexibility index (Phi) is 5.01. The van der Waals surface area contributed by atoms with Crippen LogP contribution in [0.4, 0.5) is 0 Å². The quantitative estimate of drug-likeness (QED) is 0.743. The molecule has 18 heavy (non-hydrogen) atoms. The van der Waals surface area contributed by atoms with Crippen LogP contribution in [0.25, 0.3) is 0 Å². The van der Waals surface area contributed by atoms with Crippen LogP contribution in [-0.4, -0.2) is 50.2 Å². The molecule has 4 heteroatoms. The topological polar surface area (TPSA) is 41.6 Å². The average Bonchev–Trinajstić information content (AvgIpc) is 3.11. The van der Waals surface area contributed by atoms with E-state index < -0.39 is 0 Å². The molecule has 1 N–H and O–H groups in total. The molecular formula is C14H26N2O2. The number of carbonyl (C=O) groups is 1. The zero-order valence-corrected chi connectivity index (χ0v) is 11.7. The third-order valence-corrected chi connectivity index (χ3v) is 4.20. The van der Waals surface area contributed by atoms with Crippen molar-refractivity contribution in [3.05, 3.63) is 0 Å². The van der Waals surface area contributed by atoms with E-state index in [-0.39, 0.29) is 5.92 Å². The highest BCUT2D eigenvalue weighted by molar-refractivity contribution is 5.79. The Hall–Kier alpha value is -0.610. The van der Waals surface area contributed by atoms with Gasteiger partial charge in [-0.3, -0.25) is 4.79 Å². The maximum atomic E-state index is 12.5. The molecule has 4 nitrogen and oxygen atoms in total. The molecule has 0 aromatic rings. The molecule has 2 aliphatic rings. The van der Waals surface area contributed by atoms with Crippen molar-refractivity contribution in [3.63, 3.8) is 0 Å². The van der Waals surface area contributed by atoms with Crippen LogP contribution in [-0.2, 0) is 9.53 Å². The summed E-state index contributed by atoms with van der Waals surface area (Å²) in [6.45, 7) is 5.39. The molecule has 1 amide bonds. The first-order valence-corrected chi connectivity index (χ1v) is 7.23. The van der Waals surface area contributed by atoms with E-state index in [1.807, 2.05) is 4.90 Å². The van der Waals surface area contributed by atoms with Gasteiger partial charge in [-0.1, -0.05) is 6.92 Å². The van der Waals surface area contributed by atoms with Gasteiger partial charge in [0.05, 0.1) is 6.61 Å². The first-order chi connectivity index (χ1) is 8.72. The third kappa shape index (κ3) is 3.69. The van der Waals surface area contributed by atoms with Gasteiger partial charge in [-0.05, 0) is 38.1 Å². The van der Waals surface area contributed by atoms with Crippen LogP contribution in [0.1, 0.15) is 32.6 Å². The van der Waals surface area contributed by atoms with Gasteiger partial charge in [0.2, 0.25) is 5.91 Å². The van der Waals surface area contributed by atoms with Crippen molar-refractivity contribution in [3.8, 4) is 0 Å². The second kappa shape index (κ2) is 6.53. The van der Waals surface area contributed by atoms with Crippen LogP contribution in [0, 0.1) is 11.8 Å². The first-order valence-electron chi connectivity index (χ1n) is 7.23. The molecule has 0 spiro atoms. The largest absolute Gasteiger partial charge is 0.383 e. The number of hydrogen-bond donors (Lipinski definition) is 1. The van der Waals surface area contributed by atoms with Crippen molar-refractivity contribution in [1.29, 1.82) is 0 Å². The normalized spacial score (nSPS) is 25.1. The van der Waals surface area contributed by atoms with E-state index in [4.69, 9.17) is 4.74 Å². The molecule has 0 bridgehead atoms. The van der Waals surface area contributed by atoms with E-state index in [2.05, 4.69) is 12.2 Å².